The van der Waals surface area contributed by atoms with Crippen molar-refractivity contribution >= 4 is 17.8 Å². The molecule has 0 bridgehead atoms. The van der Waals surface area contributed by atoms with Gasteiger partial charge in [-0.05, 0) is 5.56 Å². The third kappa shape index (κ3) is 4.29. The Labute approximate surface area is 128 Å². The Bertz CT molecular complexity index is 454. The summed E-state index contributed by atoms with van der Waals surface area (Å²) in [6.07, 6.45) is -0.222. The minimum atomic E-state index is -1.23. The van der Waals surface area contributed by atoms with Gasteiger partial charge in [-0.3, -0.25) is 0 Å². The van der Waals surface area contributed by atoms with Crippen LogP contribution in [0.3, 0.4) is 0 Å². The molecule has 2 rings (SSSR count). The lowest BCUT2D eigenvalue weighted by atomic mass is 10.0. The molecule has 0 unspecified atom stereocenters. The summed E-state index contributed by atoms with van der Waals surface area (Å²) in [5.41, 5.74) is 5.99. The van der Waals surface area contributed by atoms with Gasteiger partial charge in [-0.15, -0.1) is 11.8 Å². The van der Waals surface area contributed by atoms with E-state index in [9.17, 15) is 15.3 Å². The smallest absolute Gasteiger partial charge is 0.132 e. The molecule has 1 aliphatic heterocycles. The first-order chi connectivity index (χ1) is 10.1. The molecule has 6 heteroatoms. The summed E-state index contributed by atoms with van der Waals surface area (Å²) in [6.45, 7) is 0.0991. The molecule has 0 radical (unpaired) electrons. The number of aliphatic hydroxyl groups is 3. The molecule has 1 aromatic rings. The maximum absolute atomic E-state index is 9.92. The summed E-state index contributed by atoms with van der Waals surface area (Å²) in [4.78, 5) is 0. The van der Waals surface area contributed by atoms with Crippen LogP contribution in [0.1, 0.15) is 5.56 Å². The fraction of sp³-hybridized carbons (Fsp3) is 0.467. The fourth-order valence-corrected chi connectivity index (χ4v) is 3.12. The molecule has 1 aliphatic rings. The van der Waals surface area contributed by atoms with Crippen molar-refractivity contribution in [2.75, 3.05) is 12.3 Å². The van der Waals surface area contributed by atoms with Crippen molar-refractivity contribution in [2.45, 2.75) is 29.9 Å². The van der Waals surface area contributed by atoms with Gasteiger partial charge in [-0.1, -0.05) is 42.5 Å². The van der Waals surface area contributed by atoms with E-state index in [2.05, 4.69) is 0 Å². The number of hydrogen-bond acceptors (Lipinski definition) is 6. The molecule has 1 heterocycles. The molecule has 5 N–H and O–H groups in total. The Balaban J connectivity index is 1.86. The molecule has 21 heavy (non-hydrogen) atoms. The van der Waals surface area contributed by atoms with Crippen LogP contribution < -0.4 is 5.73 Å². The number of nitrogens with two attached hydrogens (primary N) is 1. The normalized spacial score (nSPS) is 33.4. The Morgan fingerprint density at radius 2 is 1.81 bits per heavy atom. The van der Waals surface area contributed by atoms with Gasteiger partial charge in [0, 0.05) is 12.3 Å². The molecule has 5 atom stereocenters. The zero-order valence-corrected chi connectivity index (χ0v) is 12.4. The molecular weight excluding hydrogens is 290 g/mol. The Morgan fingerprint density at radius 3 is 2.48 bits per heavy atom. The topological polar surface area (TPSA) is 95.9 Å². The molecule has 0 spiro atoms. The third-order valence-electron chi connectivity index (χ3n) is 3.37. The minimum Gasteiger partial charge on any atom is -0.388 e. The van der Waals surface area contributed by atoms with E-state index >= 15 is 0 Å². The Hall–Kier alpha value is -0.890. The van der Waals surface area contributed by atoms with Crippen molar-refractivity contribution in [1.29, 1.82) is 0 Å². The van der Waals surface area contributed by atoms with Gasteiger partial charge in [0.15, 0.2) is 0 Å². The van der Waals surface area contributed by atoms with Crippen molar-refractivity contribution in [2.24, 2.45) is 5.73 Å². The highest BCUT2D eigenvalue weighted by molar-refractivity contribution is 7.99. The van der Waals surface area contributed by atoms with E-state index in [0.29, 0.717) is 5.75 Å². The molecule has 0 saturated carbocycles. The third-order valence-corrected chi connectivity index (χ3v) is 4.47. The number of benzene rings is 1. The summed E-state index contributed by atoms with van der Waals surface area (Å²) in [7, 11) is 0. The lowest BCUT2D eigenvalue weighted by Crippen LogP contribution is -2.58. The molecule has 0 amide bonds. The van der Waals surface area contributed by atoms with Gasteiger partial charge >= 0.3 is 0 Å². The van der Waals surface area contributed by atoms with Crippen LogP contribution >= 0.6 is 11.8 Å². The van der Waals surface area contributed by atoms with Crippen molar-refractivity contribution in [3.8, 4) is 0 Å². The number of aliphatic hydroxyl groups excluding tert-OH is 3. The molecule has 1 fully saturated rings. The lowest BCUT2D eigenvalue weighted by Gasteiger charge is -2.39. The van der Waals surface area contributed by atoms with Gasteiger partial charge in [-0.25, -0.2) is 0 Å². The number of thioether (sulfide) groups is 1. The van der Waals surface area contributed by atoms with Crippen LogP contribution in [0.5, 0.6) is 0 Å². The van der Waals surface area contributed by atoms with Gasteiger partial charge in [0.05, 0.1) is 6.10 Å². The summed E-state index contributed by atoms with van der Waals surface area (Å²) in [6, 6.07) is 9.88. The molecule has 5 nitrogen and oxygen atoms in total. The number of rotatable bonds is 5. The van der Waals surface area contributed by atoms with Gasteiger partial charge in [-0.2, -0.15) is 0 Å². The van der Waals surface area contributed by atoms with E-state index in [1.165, 1.54) is 11.8 Å². The summed E-state index contributed by atoms with van der Waals surface area (Å²) < 4.78 is 5.53. The van der Waals surface area contributed by atoms with Crippen LogP contribution in [-0.2, 0) is 4.74 Å². The Kier molecular flexibility index (Phi) is 6.22. The quantitative estimate of drug-likeness (QED) is 0.620. The highest BCUT2D eigenvalue weighted by Gasteiger charge is 2.42. The minimum absolute atomic E-state index is 0.0991. The predicted molar refractivity (Wildman–Crippen MR) is 83.7 cm³/mol. The molecular formula is C15H21NO4S. The van der Waals surface area contributed by atoms with E-state index in [1.54, 1.807) is 0 Å². The van der Waals surface area contributed by atoms with Crippen LogP contribution in [0.15, 0.2) is 36.4 Å². The van der Waals surface area contributed by atoms with Crippen molar-refractivity contribution in [1.82, 2.24) is 0 Å². The highest BCUT2D eigenvalue weighted by atomic mass is 32.2. The standard InChI is InChI=1S/C15H21NO4S/c16-9-11-12(17)13(18)14(19)15(20-11)21-8-4-7-10-5-2-1-3-6-10/h1-7,11-15,17-19H,8-9,16H2/b7-4+/t11-,12-,13+,14+,15+/m1/s1. The highest BCUT2D eigenvalue weighted by Crippen LogP contribution is 2.28. The number of hydrogen-bond donors (Lipinski definition) is 4. The van der Waals surface area contributed by atoms with Crippen molar-refractivity contribution in [3.63, 3.8) is 0 Å². The summed E-state index contributed by atoms with van der Waals surface area (Å²) in [5, 5.41) is 29.4. The second-order valence-corrected chi connectivity index (χ2v) is 6.03. The van der Waals surface area contributed by atoms with Crippen molar-refractivity contribution in [3.05, 3.63) is 42.0 Å². The van der Waals surface area contributed by atoms with Gasteiger partial charge in [0.1, 0.15) is 23.7 Å². The molecule has 1 saturated heterocycles. The fourth-order valence-electron chi connectivity index (χ4n) is 2.15. The zero-order valence-electron chi connectivity index (χ0n) is 11.6. The van der Waals surface area contributed by atoms with Crippen LogP contribution in [0.25, 0.3) is 6.08 Å². The first-order valence-corrected chi connectivity index (χ1v) is 7.91. The molecule has 0 aliphatic carbocycles. The predicted octanol–water partition coefficient (Wildman–Crippen LogP) is 0.199. The Morgan fingerprint density at radius 1 is 1.10 bits per heavy atom. The van der Waals surface area contributed by atoms with Gasteiger partial charge in [0.25, 0.3) is 0 Å². The average molecular weight is 311 g/mol. The first-order valence-electron chi connectivity index (χ1n) is 6.86. The first kappa shape index (κ1) is 16.5. The molecule has 116 valence electrons. The van der Waals surface area contributed by atoms with Gasteiger partial charge in [0.2, 0.25) is 0 Å². The second-order valence-electron chi connectivity index (χ2n) is 4.90. The van der Waals surface area contributed by atoms with E-state index in [0.717, 1.165) is 5.56 Å². The van der Waals surface area contributed by atoms with E-state index in [4.69, 9.17) is 10.5 Å². The van der Waals surface area contributed by atoms with Crippen molar-refractivity contribution < 1.29 is 20.1 Å². The maximum Gasteiger partial charge on any atom is 0.132 e. The maximum atomic E-state index is 9.92. The largest absolute Gasteiger partial charge is 0.388 e. The summed E-state index contributed by atoms with van der Waals surface area (Å²) in [5.74, 6) is 0.622. The average Bonchev–Trinajstić information content (AvgIpc) is 2.52. The lowest BCUT2D eigenvalue weighted by molar-refractivity contribution is -0.194. The van der Waals surface area contributed by atoms with Crippen LogP contribution in [0.4, 0.5) is 0 Å². The van der Waals surface area contributed by atoms with E-state index in [1.807, 2.05) is 42.5 Å². The monoisotopic (exact) mass is 311 g/mol. The van der Waals surface area contributed by atoms with Crippen LogP contribution in [0.2, 0.25) is 0 Å². The van der Waals surface area contributed by atoms with Gasteiger partial charge < -0.3 is 25.8 Å². The summed E-state index contributed by atoms with van der Waals surface area (Å²) >= 11 is 1.36. The molecule has 1 aromatic carbocycles. The zero-order chi connectivity index (χ0) is 15.2. The SMILES string of the molecule is NC[C@H]1O[C@@H](SC/C=C/c2ccccc2)[C@@H](O)[C@@H](O)[C@@H]1O. The number of ether oxygens (including phenoxy) is 1. The second kappa shape index (κ2) is 7.93. The van der Waals surface area contributed by atoms with E-state index in [-0.39, 0.29) is 6.54 Å². The van der Waals surface area contributed by atoms with Crippen LogP contribution in [0, 0.1) is 0 Å². The molecule has 0 aromatic heterocycles. The van der Waals surface area contributed by atoms with Crippen LogP contribution in [-0.4, -0.2) is 57.5 Å². The van der Waals surface area contributed by atoms with E-state index < -0.39 is 29.9 Å².